The van der Waals surface area contributed by atoms with E-state index in [9.17, 15) is 4.79 Å². The van der Waals surface area contributed by atoms with E-state index in [-0.39, 0.29) is 0 Å². The lowest BCUT2D eigenvalue weighted by atomic mass is 10.1. The molecule has 0 aliphatic heterocycles. The summed E-state index contributed by atoms with van der Waals surface area (Å²) in [6.07, 6.45) is 3.47. The topological polar surface area (TPSA) is 55.8 Å². The number of carboxylic acid groups (broad SMARTS) is 1. The third-order valence-electron chi connectivity index (χ3n) is 2.53. The summed E-state index contributed by atoms with van der Waals surface area (Å²) in [7, 11) is 0. The van der Waals surface area contributed by atoms with Crippen molar-refractivity contribution in [3.05, 3.63) is 35.4 Å². The lowest BCUT2D eigenvalue weighted by Gasteiger charge is -2.12. The number of benzene rings is 1. The molecular formula is C15H20O4. The summed E-state index contributed by atoms with van der Waals surface area (Å²) in [5.41, 5.74) is 1.77. The molecule has 0 bridgehead atoms. The predicted molar refractivity (Wildman–Crippen MR) is 74.5 cm³/mol. The number of rotatable bonds is 8. The van der Waals surface area contributed by atoms with E-state index in [1.807, 2.05) is 32.0 Å². The monoisotopic (exact) mass is 264 g/mol. The van der Waals surface area contributed by atoms with Crippen LogP contribution in [0, 0.1) is 6.92 Å². The Labute approximate surface area is 113 Å². The predicted octanol–water partition coefficient (Wildman–Crippen LogP) is 2.90. The third kappa shape index (κ3) is 5.57. The molecule has 19 heavy (non-hydrogen) atoms. The molecule has 0 fully saturated rings. The summed E-state index contributed by atoms with van der Waals surface area (Å²) >= 11 is 0. The summed E-state index contributed by atoms with van der Waals surface area (Å²) in [5, 5.41) is 8.66. The Hall–Kier alpha value is -1.81. The molecule has 104 valence electrons. The first kappa shape index (κ1) is 15.2. The number of carboxylic acids is 1. The quantitative estimate of drug-likeness (QED) is 0.579. The van der Waals surface area contributed by atoms with Crippen molar-refractivity contribution in [2.75, 3.05) is 19.8 Å². The van der Waals surface area contributed by atoms with Crippen LogP contribution in [0.5, 0.6) is 5.75 Å². The summed E-state index contributed by atoms with van der Waals surface area (Å²) in [4.78, 5) is 10.6. The van der Waals surface area contributed by atoms with Crippen molar-refractivity contribution >= 4 is 12.0 Å². The van der Waals surface area contributed by atoms with Gasteiger partial charge >= 0.3 is 5.97 Å². The Kier molecular flexibility index (Phi) is 6.68. The third-order valence-corrected chi connectivity index (χ3v) is 2.53. The van der Waals surface area contributed by atoms with E-state index in [4.69, 9.17) is 14.6 Å². The van der Waals surface area contributed by atoms with Crippen LogP contribution in [0.25, 0.3) is 6.08 Å². The first-order valence-corrected chi connectivity index (χ1v) is 6.36. The zero-order chi connectivity index (χ0) is 14.1. The maximum Gasteiger partial charge on any atom is 0.328 e. The first-order chi connectivity index (χ1) is 9.15. The maximum atomic E-state index is 10.6. The number of hydrogen-bond donors (Lipinski definition) is 1. The van der Waals surface area contributed by atoms with Gasteiger partial charge in [0.15, 0.2) is 0 Å². The molecule has 0 atom stereocenters. The van der Waals surface area contributed by atoms with Gasteiger partial charge in [0, 0.05) is 31.3 Å². The van der Waals surface area contributed by atoms with Crippen molar-refractivity contribution in [3.8, 4) is 5.75 Å². The average Bonchev–Trinajstić information content (AvgIpc) is 2.38. The van der Waals surface area contributed by atoms with Crippen molar-refractivity contribution in [2.45, 2.75) is 20.3 Å². The van der Waals surface area contributed by atoms with Gasteiger partial charge in [-0.1, -0.05) is 18.2 Å². The van der Waals surface area contributed by atoms with Crippen LogP contribution >= 0.6 is 0 Å². The van der Waals surface area contributed by atoms with Crippen LogP contribution in [0.15, 0.2) is 24.3 Å². The molecule has 0 saturated carbocycles. The molecule has 0 radical (unpaired) electrons. The van der Waals surface area contributed by atoms with Gasteiger partial charge in [0.25, 0.3) is 0 Å². The molecule has 0 unspecified atom stereocenters. The van der Waals surface area contributed by atoms with Gasteiger partial charge < -0.3 is 14.6 Å². The number of carbonyl (C=O) groups is 1. The molecule has 0 heterocycles. The van der Waals surface area contributed by atoms with E-state index in [2.05, 4.69) is 0 Å². The van der Waals surface area contributed by atoms with Gasteiger partial charge in [-0.15, -0.1) is 0 Å². The van der Waals surface area contributed by atoms with Gasteiger partial charge in [0.1, 0.15) is 5.75 Å². The number of aliphatic carboxylic acids is 1. The fraction of sp³-hybridized carbons (Fsp3) is 0.400. The van der Waals surface area contributed by atoms with E-state index >= 15 is 0 Å². The van der Waals surface area contributed by atoms with E-state index in [0.29, 0.717) is 19.8 Å². The zero-order valence-corrected chi connectivity index (χ0v) is 11.4. The zero-order valence-electron chi connectivity index (χ0n) is 11.4. The highest BCUT2D eigenvalue weighted by Gasteiger charge is 2.05. The molecular weight excluding hydrogens is 244 g/mol. The smallest absolute Gasteiger partial charge is 0.328 e. The molecule has 1 N–H and O–H groups in total. The molecule has 4 heteroatoms. The molecule has 0 saturated heterocycles. The van der Waals surface area contributed by atoms with Crippen molar-refractivity contribution in [3.63, 3.8) is 0 Å². The standard InChI is InChI=1S/C15H20O4/c1-3-18-10-5-11-19-15-12(2)6-4-7-13(15)8-9-14(16)17/h4,6-9H,3,5,10-11H2,1-2H3,(H,16,17)/b9-8+. The lowest BCUT2D eigenvalue weighted by molar-refractivity contribution is -0.131. The van der Waals surface area contributed by atoms with Crippen LogP contribution < -0.4 is 4.74 Å². The Morgan fingerprint density at radius 1 is 1.37 bits per heavy atom. The highest BCUT2D eigenvalue weighted by molar-refractivity contribution is 5.86. The van der Waals surface area contributed by atoms with E-state index in [1.54, 1.807) is 6.08 Å². The van der Waals surface area contributed by atoms with Gasteiger partial charge in [-0.2, -0.15) is 0 Å². The van der Waals surface area contributed by atoms with Crippen molar-refractivity contribution in [2.24, 2.45) is 0 Å². The Bertz CT molecular complexity index is 438. The normalized spacial score (nSPS) is 10.8. The van der Waals surface area contributed by atoms with E-state index in [1.165, 1.54) is 0 Å². The van der Waals surface area contributed by atoms with Crippen molar-refractivity contribution in [1.82, 2.24) is 0 Å². The van der Waals surface area contributed by atoms with Crippen LogP contribution in [-0.4, -0.2) is 30.9 Å². The Morgan fingerprint density at radius 2 is 2.16 bits per heavy atom. The summed E-state index contributed by atoms with van der Waals surface area (Å²) in [6.45, 7) is 5.82. The molecule has 1 rings (SSSR count). The molecule has 1 aromatic carbocycles. The van der Waals surface area contributed by atoms with Crippen LogP contribution in [-0.2, 0) is 9.53 Å². The molecule has 4 nitrogen and oxygen atoms in total. The Morgan fingerprint density at radius 3 is 2.84 bits per heavy atom. The van der Waals surface area contributed by atoms with Gasteiger partial charge in [-0.25, -0.2) is 4.79 Å². The number of para-hydroxylation sites is 1. The highest BCUT2D eigenvalue weighted by Crippen LogP contribution is 2.24. The second-order valence-corrected chi connectivity index (χ2v) is 4.06. The maximum absolute atomic E-state index is 10.6. The molecule has 1 aromatic rings. The summed E-state index contributed by atoms with van der Waals surface area (Å²) < 4.78 is 11.0. The van der Waals surface area contributed by atoms with Crippen LogP contribution in [0.1, 0.15) is 24.5 Å². The highest BCUT2D eigenvalue weighted by atomic mass is 16.5. The second-order valence-electron chi connectivity index (χ2n) is 4.06. The van der Waals surface area contributed by atoms with Crippen LogP contribution in [0.4, 0.5) is 0 Å². The van der Waals surface area contributed by atoms with E-state index in [0.717, 1.165) is 29.4 Å². The number of hydrogen-bond acceptors (Lipinski definition) is 3. The average molecular weight is 264 g/mol. The fourth-order valence-corrected chi connectivity index (χ4v) is 1.64. The fourth-order valence-electron chi connectivity index (χ4n) is 1.64. The SMILES string of the molecule is CCOCCCOc1c(C)cccc1/C=C/C(=O)O. The van der Waals surface area contributed by atoms with Crippen molar-refractivity contribution in [1.29, 1.82) is 0 Å². The second kappa shape index (κ2) is 8.32. The lowest BCUT2D eigenvalue weighted by Crippen LogP contribution is -2.04. The summed E-state index contributed by atoms with van der Waals surface area (Å²) in [6, 6.07) is 5.66. The van der Waals surface area contributed by atoms with Crippen LogP contribution in [0.3, 0.4) is 0 Å². The molecule has 0 spiro atoms. The largest absolute Gasteiger partial charge is 0.493 e. The van der Waals surface area contributed by atoms with Gasteiger partial charge in [-0.3, -0.25) is 0 Å². The van der Waals surface area contributed by atoms with Gasteiger partial charge in [0.05, 0.1) is 6.61 Å². The molecule has 0 amide bonds. The minimum Gasteiger partial charge on any atom is -0.493 e. The van der Waals surface area contributed by atoms with E-state index < -0.39 is 5.97 Å². The first-order valence-electron chi connectivity index (χ1n) is 6.36. The number of ether oxygens (including phenoxy) is 2. The Balaban J connectivity index is 2.66. The minimum absolute atomic E-state index is 0.554. The molecule has 0 aliphatic carbocycles. The molecule has 0 aromatic heterocycles. The van der Waals surface area contributed by atoms with Crippen molar-refractivity contribution < 1.29 is 19.4 Å². The number of aryl methyl sites for hydroxylation is 1. The summed E-state index contributed by atoms with van der Waals surface area (Å²) in [5.74, 6) is -0.236. The van der Waals surface area contributed by atoms with Crippen LogP contribution in [0.2, 0.25) is 0 Å². The minimum atomic E-state index is -0.969. The van der Waals surface area contributed by atoms with Gasteiger partial charge in [0.2, 0.25) is 0 Å². The van der Waals surface area contributed by atoms with Gasteiger partial charge in [-0.05, 0) is 25.5 Å². The molecule has 0 aliphatic rings.